The van der Waals surface area contributed by atoms with E-state index >= 15 is 0 Å². The van der Waals surface area contributed by atoms with Crippen LogP contribution in [-0.4, -0.2) is 30.6 Å². The first-order valence-corrected chi connectivity index (χ1v) is 10.6. The fourth-order valence-electron chi connectivity index (χ4n) is 3.38. The van der Waals surface area contributed by atoms with Crippen LogP contribution in [0, 0.1) is 5.82 Å². The van der Waals surface area contributed by atoms with Gasteiger partial charge in [0.25, 0.3) is 0 Å². The molecule has 37 heavy (non-hydrogen) atoms. The zero-order valence-corrected chi connectivity index (χ0v) is 18.6. The van der Waals surface area contributed by atoms with Crippen molar-refractivity contribution in [1.82, 2.24) is 24.6 Å². The van der Waals surface area contributed by atoms with Gasteiger partial charge in [-0.15, -0.1) is 0 Å². The van der Waals surface area contributed by atoms with Crippen LogP contribution in [0.2, 0.25) is 0 Å². The number of carbonyl (C=O) groups excluding carboxylic acids is 1. The second-order valence-corrected chi connectivity index (χ2v) is 7.62. The molecule has 0 aliphatic rings. The molecular weight excluding hydrogens is 494 g/mol. The predicted octanol–water partition coefficient (Wildman–Crippen LogP) is 5.78. The fourth-order valence-corrected chi connectivity index (χ4v) is 3.38. The minimum absolute atomic E-state index is 0.00451. The summed E-state index contributed by atoms with van der Waals surface area (Å²) in [6, 6.07) is 11.5. The Hall–Kier alpha value is -5.07. The van der Waals surface area contributed by atoms with Gasteiger partial charge in [-0.25, -0.2) is 28.7 Å². The number of fused-ring (bicyclic) bond motifs is 1. The van der Waals surface area contributed by atoms with Gasteiger partial charge in [-0.1, -0.05) is 0 Å². The molecule has 0 aliphatic heterocycles. The first kappa shape index (κ1) is 23.7. The van der Waals surface area contributed by atoms with E-state index < -0.39 is 23.6 Å². The fraction of sp³-hybridized carbons (Fsp3) is 0.0417. The van der Waals surface area contributed by atoms with Crippen LogP contribution in [0.5, 0.6) is 11.8 Å². The Labute approximate surface area is 205 Å². The maximum atomic E-state index is 13.5. The maximum Gasteiger partial charge on any atom is 0.416 e. The molecule has 5 rings (SSSR count). The molecule has 2 amide bonds. The minimum atomic E-state index is -4.76. The van der Waals surface area contributed by atoms with E-state index in [4.69, 9.17) is 4.74 Å². The van der Waals surface area contributed by atoms with E-state index in [9.17, 15) is 22.4 Å². The van der Waals surface area contributed by atoms with Crippen LogP contribution in [0.25, 0.3) is 16.9 Å². The number of amides is 2. The second kappa shape index (κ2) is 9.53. The van der Waals surface area contributed by atoms with Gasteiger partial charge >= 0.3 is 18.2 Å². The van der Waals surface area contributed by atoms with Crippen molar-refractivity contribution in [2.24, 2.45) is 0 Å². The Bertz CT molecular complexity index is 1570. The number of benzene rings is 2. The number of hydrogen-bond donors (Lipinski definition) is 2. The van der Waals surface area contributed by atoms with Crippen LogP contribution in [0.15, 0.2) is 79.4 Å². The third-order valence-corrected chi connectivity index (χ3v) is 5.01. The van der Waals surface area contributed by atoms with Crippen molar-refractivity contribution in [3.63, 3.8) is 0 Å². The molecule has 0 aliphatic carbocycles. The average molecular weight is 509 g/mol. The molecule has 2 N–H and O–H groups in total. The molecule has 0 saturated heterocycles. The summed E-state index contributed by atoms with van der Waals surface area (Å²) >= 11 is 0. The van der Waals surface area contributed by atoms with Crippen LogP contribution in [-0.2, 0) is 6.18 Å². The number of ether oxygens (including phenoxy) is 1. The van der Waals surface area contributed by atoms with E-state index in [1.165, 1.54) is 12.4 Å². The highest BCUT2D eigenvalue weighted by Crippen LogP contribution is 2.31. The Morgan fingerprint density at radius 1 is 0.892 bits per heavy atom. The lowest BCUT2D eigenvalue weighted by Crippen LogP contribution is -2.20. The van der Waals surface area contributed by atoms with Crippen molar-refractivity contribution >= 4 is 23.1 Å². The summed E-state index contributed by atoms with van der Waals surface area (Å²) in [7, 11) is 0. The van der Waals surface area contributed by atoms with E-state index in [0.717, 1.165) is 23.0 Å². The molecule has 0 spiro atoms. The number of carbonyl (C=O) groups is 1. The van der Waals surface area contributed by atoms with Crippen LogP contribution < -0.4 is 15.4 Å². The van der Waals surface area contributed by atoms with E-state index in [0.29, 0.717) is 17.9 Å². The molecule has 13 heteroatoms. The van der Waals surface area contributed by atoms with E-state index in [1.54, 1.807) is 35.1 Å². The molecule has 0 saturated carbocycles. The lowest BCUT2D eigenvalue weighted by molar-refractivity contribution is -0.137. The summed E-state index contributed by atoms with van der Waals surface area (Å²) in [4.78, 5) is 24.4. The molecule has 9 nitrogen and oxygen atoms in total. The highest BCUT2D eigenvalue weighted by molar-refractivity contribution is 5.99. The number of hydrogen-bond acceptors (Lipinski definition) is 6. The Morgan fingerprint density at radius 2 is 1.62 bits per heavy atom. The van der Waals surface area contributed by atoms with Gasteiger partial charge in [0.2, 0.25) is 0 Å². The van der Waals surface area contributed by atoms with Gasteiger partial charge in [-0.05, 0) is 54.6 Å². The number of urea groups is 1. The SMILES string of the molecule is O=C(Nc1cnc(Oc2ccc(-c3cnc4cccnn34)cc2)nc1)Nc1cc(F)cc(C(F)(F)F)c1. The normalized spacial score (nSPS) is 11.4. The molecule has 5 aromatic rings. The molecule has 3 heterocycles. The molecule has 186 valence electrons. The minimum Gasteiger partial charge on any atom is -0.424 e. The maximum absolute atomic E-state index is 13.5. The molecule has 0 radical (unpaired) electrons. The largest absolute Gasteiger partial charge is 0.424 e. The van der Waals surface area contributed by atoms with Crippen molar-refractivity contribution in [2.45, 2.75) is 6.18 Å². The number of anilines is 2. The standard InChI is InChI=1S/C24H15F4N7O2/c25-16-8-15(24(26,27)28)9-17(10-16)33-22(36)34-18-11-30-23(31-12-18)37-19-5-3-14(4-6-19)20-13-29-21-2-1-7-32-35(20)21/h1-13H,(H2,33,34,36). The Kier molecular flexibility index (Phi) is 6.09. The first-order chi connectivity index (χ1) is 17.7. The number of aromatic nitrogens is 5. The van der Waals surface area contributed by atoms with Gasteiger partial charge in [0, 0.05) is 17.4 Å². The monoisotopic (exact) mass is 509 g/mol. The van der Waals surface area contributed by atoms with E-state index in [1.807, 2.05) is 18.2 Å². The highest BCUT2D eigenvalue weighted by atomic mass is 19.4. The zero-order chi connectivity index (χ0) is 26.0. The summed E-state index contributed by atoms with van der Waals surface area (Å²) in [5.74, 6) is -0.686. The van der Waals surface area contributed by atoms with Crippen LogP contribution in [0.3, 0.4) is 0 Å². The number of nitrogens with zero attached hydrogens (tertiary/aromatic N) is 5. The number of nitrogens with one attached hydrogen (secondary N) is 2. The molecular formula is C24H15F4N7O2. The van der Waals surface area contributed by atoms with Gasteiger partial charge < -0.3 is 15.4 Å². The molecule has 2 aromatic carbocycles. The van der Waals surface area contributed by atoms with Crippen LogP contribution >= 0.6 is 0 Å². The average Bonchev–Trinajstić information content (AvgIpc) is 3.29. The zero-order valence-electron chi connectivity index (χ0n) is 18.6. The van der Waals surface area contributed by atoms with Crippen molar-refractivity contribution in [2.75, 3.05) is 10.6 Å². The van der Waals surface area contributed by atoms with Crippen molar-refractivity contribution in [3.05, 3.63) is 90.8 Å². The summed E-state index contributed by atoms with van der Waals surface area (Å²) in [5, 5.41) is 8.77. The van der Waals surface area contributed by atoms with Crippen molar-refractivity contribution in [3.8, 4) is 23.0 Å². The molecule has 3 aromatic heterocycles. The van der Waals surface area contributed by atoms with Crippen LogP contribution in [0.1, 0.15) is 5.56 Å². The molecule has 0 fully saturated rings. The van der Waals surface area contributed by atoms with Gasteiger partial charge in [0.15, 0.2) is 5.65 Å². The third-order valence-electron chi connectivity index (χ3n) is 5.01. The quantitative estimate of drug-likeness (QED) is 0.291. The summed E-state index contributed by atoms with van der Waals surface area (Å²) in [5.41, 5.74) is 0.929. The van der Waals surface area contributed by atoms with Gasteiger partial charge in [0.1, 0.15) is 11.6 Å². The topological polar surface area (TPSA) is 106 Å². The smallest absolute Gasteiger partial charge is 0.416 e. The van der Waals surface area contributed by atoms with Crippen LogP contribution in [0.4, 0.5) is 33.7 Å². The van der Waals surface area contributed by atoms with Gasteiger partial charge in [-0.3, -0.25) is 0 Å². The van der Waals surface area contributed by atoms with E-state index in [-0.39, 0.29) is 17.4 Å². The molecule has 0 bridgehead atoms. The molecule has 0 atom stereocenters. The summed E-state index contributed by atoms with van der Waals surface area (Å²) in [6.07, 6.45) is 1.11. The Morgan fingerprint density at radius 3 is 2.35 bits per heavy atom. The molecule has 0 unspecified atom stereocenters. The van der Waals surface area contributed by atoms with Gasteiger partial charge in [0.05, 0.1) is 35.5 Å². The number of imidazole rings is 1. The Balaban J connectivity index is 1.21. The first-order valence-electron chi connectivity index (χ1n) is 10.6. The number of rotatable bonds is 5. The third kappa shape index (κ3) is 5.45. The van der Waals surface area contributed by atoms with Crippen molar-refractivity contribution < 1.29 is 27.1 Å². The second-order valence-electron chi connectivity index (χ2n) is 7.62. The van der Waals surface area contributed by atoms with Gasteiger partial charge in [-0.2, -0.15) is 18.3 Å². The number of halogens is 4. The lowest BCUT2D eigenvalue weighted by atomic mass is 10.1. The summed E-state index contributed by atoms with van der Waals surface area (Å²) in [6.45, 7) is 0. The lowest BCUT2D eigenvalue weighted by Gasteiger charge is -2.11. The number of alkyl halides is 3. The van der Waals surface area contributed by atoms with E-state index in [2.05, 4.69) is 30.7 Å². The predicted molar refractivity (Wildman–Crippen MR) is 125 cm³/mol. The van der Waals surface area contributed by atoms with Crippen molar-refractivity contribution in [1.29, 1.82) is 0 Å². The summed E-state index contributed by atoms with van der Waals surface area (Å²) < 4.78 is 59.3. The highest BCUT2D eigenvalue weighted by Gasteiger charge is 2.31.